The van der Waals surface area contributed by atoms with E-state index >= 15 is 0 Å². The van der Waals surface area contributed by atoms with Gasteiger partial charge in [-0.2, -0.15) is 0 Å². The maximum absolute atomic E-state index is 12.7. The molecule has 1 aromatic carbocycles. The first kappa shape index (κ1) is 17.6. The van der Waals surface area contributed by atoms with Crippen LogP contribution in [0.4, 0.5) is 4.79 Å². The molecule has 27 heavy (non-hydrogen) atoms. The Morgan fingerprint density at radius 2 is 1.78 bits per heavy atom. The summed E-state index contributed by atoms with van der Waals surface area (Å²) in [5, 5.41) is -0.392. The highest BCUT2D eigenvalue weighted by molar-refractivity contribution is 8.18. The number of amides is 3. The van der Waals surface area contributed by atoms with Gasteiger partial charge >= 0.3 is 0 Å². The zero-order valence-corrected chi connectivity index (χ0v) is 15.5. The van der Waals surface area contributed by atoms with Crippen molar-refractivity contribution in [3.05, 3.63) is 59.3 Å². The fourth-order valence-corrected chi connectivity index (χ4v) is 4.13. The molecule has 7 heteroatoms. The van der Waals surface area contributed by atoms with Crippen molar-refractivity contribution in [2.45, 2.75) is 12.8 Å². The highest BCUT2D eigenvalue weighted by atomic mass is 32.2. The van der Waals surface area contributed by atoms with E-state index in [4.69, 9.17) is 0 Å². The number of thioether (sulfide) groups is 1. The van der Waals surface area contributed by atoms with E-state index in [1.807, 2.05) is 53.2 Å². The van der Waals surface area contributed by atoms with Gasteiger partial charge in [0.15, 0.2) is 0 Å². The molecule has 2 aliphatic rings. The first-order valence-electron chi connectivity index (χ1n) is 8.89. The lowest BCUT2D eigenvalue weighted by molar-refractivity contribution is -0.135. The van der Waals surface area contributed by atoms with Gasteiger partial charge in [-0.05, 0) is 54.9 Å². The van der Waals surface area contributed by atoms with E-state index in [1.165, 1.54) is 0 Å². The summed E-state index contributed by atoms with van der Waals surface area (Å²) in [6, 6.07) is 13.5. The molecule has 0 saturated carbocycles. The lowest BCUT2D eigenvalue weighted by Crippen LogP contribution is -2.40. The van der Waals surface area contributed by atoms with Gasteiger partial charge in [-0.15, -0.1) is 0 Å². The average molecular weight is 381 g/mol. The van der Waals surface area contributed by atoms with Crippen molar-refractivity contribution in [3.8, 4) is 5.69 Å². The zero-order valence-electron chi connectivity index (χ0n) is 14.7. The van der Waals surface area contributed by atoms with Crippen molar-refractivity contribution < 1.29 is 14.4 Å². The molecule has 2 fully saturated rings. The average Bonchev–Trinajstić information content (AvgIpc) is 3.41. The molecule has 0 atom stereocenters. The Balaban J connectivity index is 1.54. The Bertz CT molecular complexity index is 914. The van der Waals surface area contributed by atoms with Crippen LogP contribution in [0.15, 0.2) is 53.6 Å². The summed E-state index contributed by atoms with van der Waals surface area (Å²) in [7, 11) is 0. The highest BCUT2D eigenvalue weighted by Crippen LogP contribution is 2.32. The Morgan fingerprint density at radius 3 is 2.52 bits per heavy atom. The van der Waals surface area contributed by atoms with Crippen molar-refractivity contribution in [2.24, 2.45) is 0 Å². The molecule has 6 nitrogen and oxygen atoms in total. The molecule has 2 aliphatic heterocycles. The number of hydrogen-bond donors (Lipinski definition) is 0. The van der Waals surface area contributed by atoms with Gasteiger partial charge in [0.2, 0.25) is 5.91 Å². The van der Waals surface area contributed by atoms with Crippen LogP contribution >= 0.6 is 11.8 Å². The number of aromatic nitrogens is 1. The molecular formula is C20H19N3O3S. The molecule has 0 N–H and O–H groups in total. The number of carbonyl (C=O) groups excluding carboxylic acids is 3. The second kappa shape index (κ2) is 7.44. The minimum atomic E-state index is -0.404. The predicted octanol–water partition coefficient (Wildman–Crippen LogP) is 3.14. The van der Waals surface area contributed by atoms with E-state index in [0.29, 0.717) is 18.0 Å². The number of imide groups is 1. The van der Waals surface area contributed by atoms with E-state index in [0.717, 1.165) is 40.9 Å². The topological polar surface area (TPSA) is 62.6 Å². The Morgan fingerprint density at radius 1 is 1.04 bits per heavy atom. The third-order valence-electron chi connectivity index (χ3n) is 4.72. The maximum atomic E-state index is 12.7. The molecule has 138 valence electrons. The van der Waals surface area contributed by atoms with Crippen molar-refractivity contribution in [2.75, 3.05) is 19.6 Å². The Hall–Kier alpha value is -2.80. The van der Waals surface area contributed by atoms with Crippen molar-refractivity contribution in [3.63, 3.8) is 0 Å². The first-order chi connectivity index (χ1) is 13.1. The van der Waals surface area contributed by atoms with Crippen LogP contribution < -0.4 is 0 Å². The van der Waals surface area contributed by atoms with Crippen molar-refractivity contribution in [1.82, 2.24) is 14.4 Å². The smallest absolute Gasteiger partial charge is 0.294 e. The maximum Gasteiger partial charge on any atom is 0.294 e. The summed E-state index contributed by atoms with van der Waals surface area (Å²) in [6.45, 7) is 1.23. The minimum Gasteiger partial charge on any atom is -0.341 e. The van der Waals surface area contributed by atoms with E-state index in [9.17, 15) is 14.4 Å². The molecule has 0 bridgehead atoms. The molecule has 0 aliphatic carbocycles. The molecule has 3 heterocycles. The van der Waals surface area contributed by atoms with E-state index in [2.05, 4.69) is 0 Å². The summed E-state index contributed by atoms with van der Waals surface area (Å²) < 4.78 is 1.95. The largest absolute Gasteiger partial charge is 0.341 e. The van der Waals surface area contributed by atoms with Gasteiger partial charge in [0.25, 0.3) is 11.1 Å². The van der Waals surface area contributed by atoms with Gasteiger partial charge in [0, 0.05) is 30.7 Å². The molecule has 0 spiro atoms. The van der Waals surface area contributed by atoms with Crippen LogP contribution in [0.3, 0.4) is 0 Å². The number of benzene rings is 1. The third kappa shape index (κ3) is 3.55. The standard InChI is InChI=1S/C20H19N3O3S/c24-18(21-10-4-5-11-21)14-23-19(25)17(27-20(23)26)13-16-9-6-12-22(16)15-7-2-1-3-8-15/h1-3,6-9,12-13H,4-5,10-11,14H2/b17-13+. The third-order valence-corrected chi connectivity index (χ3v) is 5.63. The second-order valence-electron chi connectivity index (χ2n) is 6.49. The van der Waals surface area contributed by atoms with Crippen LogP contribution in [0.5, 0.6) is 0 Å². The Labute approximate surface area is 161 Å². The van der Waals surface area contributed by atoms with Gasteiger partial charge in [-0.3, -0.25) is 19.3 Å². The van der Waals surface area contributed by atoms with E-state index < -0.39 is 11.1 Å². The first-order valence-corrected chi connectivity index (χ1v) is 9.71. The van der Waals surface area contributed by atoms with Crippen LogP contribution in [-0.2, 0) is 9.59 Å². The number of para-hydroxylation sites is 1. The van der Waals surface area contributed by atoms with Crippen LogP contribution in [0.2, 0.25) is 0 Å². The molecule has 3 amide bonds. The lowest BCUT2D eigenvalue weighted by Gasteiger charge is -2.18. The molecule has 0 unspecified atom stereocenters. The fourth-order valence-electron chi connectivity index (χ4n) is 3.31. The van der Waals surface area contributed by atoms with Gasteiger partial charge in [0.1, 0.15) is 6.54 Å². The predicted molar refractivity (Wildman–Crippen MR) is 104 cm³/mol. The normalized spacial score (nSPS) is 18.7. The molecule has 0 radical (unpaired) electrons. The van der Waals surface area contributed by atoms with Crippen LogP contribution in [-0.4, -0.2) is 51.1 Å². The molecule has 2 saturated heterocycles. The number of hydrogen-bond acceptors (Lipinski definition) is 4. The minimum absolute atomic E-state index is 0.163. The summed E-state index contributed by atoms with van der Waals surface area (Å²) >= 11 is 0.883. The van der Waals surface area contributed by atoms with Crippen LogP contribution in [0, 0.1) is 0 Å². The summed E-state index contributed by atoms with van der Waals surface area (Å²) in [5.41, 5.74) is 1.77. The van der Waals surface area contributed by atoms with E-state index in [1.54, 1.807) is 11.0 Å². The molecule has 4 rings (SSSR count). The number of likely N-dealkylation sites (tertiary alicyclic amines) is 1. The van der Waals surface area contributed by atoms with Crippen LogP contribution in [0.1, 0.15) is 18.5 Å². The van der Waals surface area contributed by atoms with Gasteiger partial charge < -0.3 is 9.47 Å². The van der Waals surface area contributed by atoms with Gasteiger partial charge in [-0.1, -0.05) is 18.2 Å². The number of nitrogens with zero attached hydrogens (tertiary/aromatic N) is 3. The van der Waals surface area contributed by atoms with Gasteiger partial charge in [-0.25, -0.2) is 0 Å². The summed E-state index contributed by atoms with van der Waals surface area (Å²) in [4.78, 5) is 40.4. The fraction of sp³-hybridized carbons (Fsp3) is 0.250. The van der Waals surface area contributed by atoms with Crippen LogP contribution in [0.25, 0.3) is 11.8 Å². The van der Waals surface area contributed by atoms with Crippen molar-refractivity contribution >= 4 is 34.9 Å². The number of carbonyl (C=O) groups is 3. The summed E-state index contributed by atoms with van der Waals surface area (Å²) in [5.74, 6) is -0.568. The molecule has 1 aromatic heterocycles. The monoisotopic (exact) mass is 381 g/mol. The van der Waals surface area contributed by atoms with Crippen molar-refractivity contribution in [1.29, 1.82) is 0 Å². The van der Waals surface area contributed by atoms with E-state index in [-0.39, 0.29) is 12.5 Å². The highest BCUT2D eigenvalue weighted by Gasteiger charge is 2.37. The second-order valence-corrected chi connectivity index (χ2v) is 7.49. The number of rotatable bonds is 4. The summed E-state index contributed by atoms with van der Waals surface area (Å²) in [6.07, 6.45) is 5.56. The molecular weight excluding hydrogens is 362 g/mol. The quantitative estimate of drug-likeness (QED) is 0.764. The zero-order chi connectivity index (χ0) is 18.8. The Kier molecular flexibility index (Phi) is 4.85. The lowest BCUT2D eigenvalue weighted by atomic mass is 10.3. The SMILES string of the molecule is O=C(CN1C(=O)S/C(=C/c2cccn2-c2ccccc2)C1=O)N1CCCC1. The van der Waals surface area contributed by atoms with Gasteiger partial charge in [0.05, 0.1) is 4.91 Å². The molecule has 2 aromatic rings.